The van der Waals surface area contributed by atoms with Crippen LogP contribution in [-0.2, 0) is 11.2 Å². The van der Waals surface area contributed by atoms with Crippen molar-refractivity contribution in [1.29, 1.82) is 0 Å². The number of pyridine rings is 1. The van der Waals surface area contributed by atoms with Crippen molar-refractivity contribution in [3.8, 4) is 0 Å². The predicted octanol–water partition coefficient (Wildman–Crippen LogP) is 2.14. The number of fused-ring (bicyclic) bond motifs is 1. The van der Waals surface area contributed by atoms with Gasteiger partial charge in [0.05, 0.1) is 11.9 Å². The Balaban J connectivity index is 1.76. The highest BCUT2D eigenvalue weighted by atomic mass is 16.1. The molecule has 3 aromatic rings. The standard InChI is InChI=1S/C14H12N4O/c19-13(9-10-5-3-4-8-15-10)16-14-11-6-1-2-7-12(11)17-18-14/h1-8H,9H2,(H2,16,17,18,19). The SMILES string of the molecule is O=C(Cc1ccccn1)Nc1n[nH]c2ccccc12. The maximum atomic E-state index is 11.9. The number of nitrogens with zero attached hydrogens (tertiary/aromatic N) is 2. The molecule has 0 fully saturated rings. The number of anilines is 1. The Morgan fingerprint density at radius 1 is 1.16 bits per heavy atom. The lowest BCUT2D eigenvalue weighted by molar-refractivity contribution is -0.115. The topological polar surface area (TPSA) is 70.7 Å². The summed E-state index contributed by atoms with van der Waals surface area (Å²) in [5.74, 6) is 0.424. The van der Waals surface area contributed by atoms with Crippen molar-refractivity contribution in [2.45, 2.75) is 6.42 Å². The van der Waals surface area contributed by atoms with Crippen molar-refractivity contribution in [2.75, 3.05) is 5.32 Å². The van der Waals surface area contributed by atoms with E-state index in [-0.39, 0.29) is 12.3 Å². The molecule has 0 radical (unpaired) electrons. The number of aromatic nitrogens is 3. The fraction of sp³-hybridized carbons (Fsp3) is 0.0714. The monoisotopic (exact) mass is 252 g/mol. The van der Waals surface area contributed by atoms with Gasteiger partial charge < -0.3 is 5.32 Å². The molecule has 0 saturated heterocycles. The number of amides is 1. The van der Waals surface area contributed by atoms with Crippen LogP contribution in [0.15, 0.2) is 48.7 Å². The fourth-order valence-electron chi connectivity index (χ4n) is 1.90. The molecule has 0 aliphatic rings. The molecule has 0 aliphatic heterocycles. The molecule has 1 amide bonds. The molecular weight excluding hydrogens is 240 g/mol. The lowest BCUT2D eigenvalue weighted by atomic mass is 10.2. The molecule has 3 rings (SSSR count). The molecule has 2 heterocycles. The molecule has 0 atom stereocenters. The highest BCUT2D eigenvalue weighted by Gasteiger charge is 2.09. The Kier molecular flexibility index (Phi) is 2.94. The van der Waals surface area contributed by atoms with E-state index in [2.05, 4.69) is 20.5 Å². The molecule has 2 N–H and O–H groups in total. The van der Waals surface area contributed by atoms with Gasteiger partial charge in [0.25, 0.3) is 0 Å². The van der Waals surface area contributed by atoms with Gasteiger partial charge in [-0.3, -0.25) is 14.9 Å². The van der Waals surface area contributed by atoms with E-state index in [0.29, 0.717) is 5.82 Å². The average molecular weight is 252 g/mol. The van der Waals surface area contributed by atoms with E-state index in [1.165, 1.54) is 0 Å². The minimum absolute atomic E-state index is 0.129. The molecule has 19 heavy (non-hydrogen) atoms. The highest BCUT2D eigenvalue weighted by Crippen LogP contribution is 2.19. The van der Waals surface area contributed by atoms with Gasteiger partial charge in [0.1, 0.15) is 0 Å². The first-order valence-electron chi connectivity index (χ1n) is 5.96. The molecule has 0 saturated carbocycles. The summed E-state index contributed by atoms with van der Waals surface area (Å²) >= 11 is 0. The van der Waals surface area contributed by atoms with E-state index in [0.717, 1.165) is 16.6 Å². The summed E-state index contributed by atoms with van der Waals surface area (Å²) in [4.78, 5) is 16.0. The van der Waals surface area contributed by atoms with Gasteiger partial charge in [-0.25, -0.2) is 0 Å². The van der Waals surface area contributed by atoms with Crippen LogP contribution in [0, 0.1) is 0 Å². The molecule has 0 aliphatic carbocycles. The number of rotatable bonds is 3. The maximum absolute atomic E-state index is 11.9. The first kappa shape index (κ1) is 11.4. The summed E-state index contributed by atoms with van der Waals surface area (Å²) in [6.45, 7) is 0. The molecular formula is C14H12N4O. The minimum Gasteiger partial charge on any atom is -0.308 e. The third-order valence-electron chi connectivity index (χ3n) is 2.80. The third kappa shape index (κ3) is 2.44. The van der Waals surface area contributed by atoms with Crippen LogP contribution in [0.1, 0.15) is 5.69 Å². The van der Waals surface area contributed by atoms with Crippen molar-refractivity contribution < 1.29 is 4.79 Å². The van der Waals surface area contributed by atoms with Gasteiger partial charge in [-0.1, -0.05) is 18.2 Å². The number of para-hydroxylation sites is 1. The van der Waals surface area contributed by atoms with Crippen LogP contribution in [0.3, 0.4) is 0 Å². The Morgan fingerprint density at radius 3 is 2.84 bits per heavy atom. The smallest absolute Gasteiger partial charge is 0.231 e. The summed E-state index contributed by atoms with van der Waals surface area (Å²) in [6.07, 6.45) is 1.91. The Labute approximate surface area is 109 Å². The van der Waals surface area contributed by atoms with Crippen molar-refractivity contribution >= 4 is 22.6 Å². The Hall–Kier alpha value is -2.69. The van der Waals surface area contributed by atoms with Crippen LogP contribution in [0.2, 0.25) is 0 Å². The summed E-state index contributed by atoms with van der Waals surface area (Å²) in [6, 6.07) is 13.2. The largest absolute Gasteiger partial charge is 0.308 e. The van der Waals surface area contributed by atoms with E-state index in [9.17, 15) is 4.79 Å². The van der Waals surface area contributed by atoms with Crippen LogP contribution >= 0.6 is 0 Å². The van der Waals surface area contributed by atoms with Gasteiger partial charge in [-0.2, -0.15) is 5.10 Å². The van der Waals surface area contributed by atoms with Crippen molar-refractivity contribution in [1.82, 2.24) is 15.2 Å². The van der Waals surface area contributed by atoms with E-state index < -0.39 is 0 Å². The lowest BCUT2D eigenvalue weighted by Gasteiger charge is -2.02. The zero-order valence-corrected chi connectivity index (χ0v) is 10.1. The Bertz CT molecular complexity index is 706. The summed E-state index contributed by atoms with van der Waals surface area (Å²) in [5.41, 5.74) is 1.63. The van der Waals surface area contributed by atoms with Crippen LogP contribution in [0.25, 0.3) is 10.9 Å². The van der Waals surface area contributed by atoms with E-state index in [1.54, 1.807) is 6.20 Å². The fourth-order valence-corrected chi connectivity index (χ4v) is 1.90. The molecule has 1 aromatic carbocycles. The predicted molar refractivity (Wildman–Crippen MR) is 72.7 cm³/mol. The number of H-pyrrole nitrogens is 1. The van der Waals surface area contributed by atoms with E-state index in [1.807, 2.05) is 42.5 Å². The second-order valence-electron chi connectivity index (χ2n) is 4.16. The summed E-state index contributed by atoms with van der Waals surface area (Å²) in [5, 5.41) is 10.7. The zero-order valence-electron chi connectivity index (χ0n) is 10.1. The number of aromatic amines is 1. The molecule has 5 heteroatoms. The van der Waals surface area contributed by atoms with E-state index in [4.69, 9.17) is 0 Å². The Morgan fingerprint density at radius 2 is 2.00 bits per heavy atom. The van der Waals surface area contributed by atoms with Crippen molar-refractivity contribution in [3.63, 3.8) is 0 Å². The van der Waals surface area contributed by atoms with Crippen LogP contribution in [0.5, 0.6) is 0 Å². The number of hydrogen-bond acceptors (Lipinski definition) is 3. The molecule has 94 valence electrons. The maximum Gasteiger partial charge on any atom is 0.231 e. The minimum atomic E-state index is -0.129. The van der Waals surface area contributed by atoms with Crippen molar-refractivity contribution in [2.24, 2.45) is 0 Å². The molecule has 0 bridgehead atoms. The average Bonchev–Trinajstić information content (AvgIpc) is 2.83. The van der Waals surface area contributed by atoms with Gasteiger partial charge in [-0.15, -0.1) is 0 Å². The second kappa shape index (κ2) is 4.89. The normalized spacial score (nSPS) is 10.5. The van der Waals surface area contributed by atoms with Crippen LogP contribution in [-0.4, -0.2) is 21.1 Å². The van der Waals surface area contributed by atoms with Gasteiger partial charge >= 0.3 is 0 Å². The number of nitrogens with one attached hydrogen (secondary N) is 2. The highest BCUT2D eigenvalue weighted by molar-refractivity contribution is 6.00. The molecule has 0 spiro atoms. The number of hydrogen-bond donors (Lipinski definition) is 2. The first-order valence-corrected chi connectivity index (χ1v) is 5.96. The molecule has 2 aromatic heterocycles. The summed E-state index contributed by atoms with van der Waals surface area (Å²) in [7, 11) is 0. The molecule has 5 nitrogen and oxygen atoms in total. The van der Waals surface area contributed by atoms with Gasteiger partial charge in [0.2, 0.25) is 5.91 Å². The van der Waals surface area contributed by atoms with Crippen molar-refractivity contribution in [3.05, 3.63) is 54.4 Å². The third-order valence-corrected chi connectivity index (χ3v) is 2.80. The molecule has 0 unspecified atom stereocenters. The van der Waals surface area contributed by atoms with Gasteiger partial charge in [0.15, 0.2) is 5.82 Å². The number of benzene rings is 1. The first-order chi connectivity index (χ1) is 9.33. The summed E-state index contributed by atoms with van der Waals surface area (Å²) < 4.78 is 0. The second-order valence-corrected chi connectivity index (χ2v) is 4.16. The number of carbonyl (C=O) groups excluding carboxylic acids is 1. The number of carbonyl (C=O) groups is 1. The lowest BCUT2D eigenvalue weighted by Crippen LogP contribution is -2.15. The van der Waals surface area contributed by atoms with Crippen LogP contribution < -0.4 is 5.32 Å². The van der Waals surface area contributed by atoms with Gasteiger partial charge in [-0.05, 0) is 24.3 Å². The quantitative estimate of drug-likeness (QED) is 0.750. The van der Waals surface area contributed by atoms with Crippen LogP contribution in [0.4, 0.5) is 5.82 Å². The zero-order chi connectivity index (χ0) is 13.1. The van der Waals surface area contributed by atoms with E-state index >= 15 is 0 Å². The van der Waals surface area contributed by atoms with Gasteiger partial charge in [0, 0.05) is 17.3 Å².